The number of hydrogen-bond acceptors (Lipinski definition) is 2. The zero-order valence-corrected chi connectivity index (χ0v) is 10.0. The highest BCUT2D eigenvalue weighted by molar-refractivity contribution is 5.89. The van der Waals surface area contributed by atoms with Crippen molar-refractivity contribution in [1.29, 1.82) is 0 Å². The van der Waals surface area contributed by atoms with Crippen molar-refractivity contribution in [2.75, 3.05) is 0 Å². The second-order valence-corrected chi connectivity index (χ2v) is 4.29. The van der Waals surface area contributed by atoms with Crippen molar-refractivity contribution in [1.82, 2.24) is 0 Å². The Labute approximate surface area is 105 Å². The molecule has 0 aliphatic carbocycles. The number of carboxylic acid groups (broad SMARTS) is 1. The Hall–Kier alpha value is -2.29. The second kappa shape index (κ2) is 4.92. The van der Waals surface area contributed by atoms with Crippen molar-refractivity contribution in [3.63, 3.8) is 0 Å². The van der Waals surface area contributed by atoms with Crippen molar-refractivity contribution in [2.45, 2.75) is 13.3 Å². The molecule has 2 aromatic carbocycles. The Morgan fingerprint density at radius 3 is 2.44 bits per heavy atom. The molecule has 3 heteroatoms. The Kier molecular flexibility index (Phi) is 3.33. The van der Waals surface area contributed by atoms with Crippen LogP contribution in [-0.2, 0) is 6.42 Å². The van der Waals surface area contributed by atoms with E-state index in [1.807, 2.05) is 31.2 Å². The Morgan fingerprint density at radius 1 is 1.17 bits per heavy atom. The van der Waals surface area contributed by atoms with Crippen LogP contribution in [-0.4, -0.2) is 11.1 Å². The quantitative estimate of drug-likeness (QED) is 0.897. The molecule has 2 rings (SSSR count). The lowest BCUT2D eigenvalue weighted by atomic mass is 9.99. The number of aromatic carboxylic acids is 1. The fraction of sp³-hybridized carbons (Fsp3) is 0.133. The zero-order valence-electron chi connectivity index (χ0n) is 10.0. The lowest BCUT2D eigenvalue weighted by Crippen LogP contribution is -2.04. The average molecular weight is 241 g/mol. The van der Waals surface area contributed by atoms with Crippen LogP contribution in [0.25, 0.3) is 0 Å². The van der Waals surface area contributed by atoms with Crippen molar-refractivity contribution in [2.24, 2.45) is 0 Å². The number of rotatable bonds is 3. The number of carboxylic acids is 1. The molecule has 0 heterocycles. The molecule has 0 amide bonds. The first-order chi connectivity index (χ1) is 8.56. The molecular formula is C15H13O3-. The monoisotopic (exact) mass is 241 g/mol. The third kappa shape index (κ3) is 2.69. The van der Waals surface area contributed by atoms with E-state index in [0.717, 1.165) is 11.1 Å². The predicted octanol–water partition coefficient (Wildman–Crippen LogP) is 2.36. The van der Waals surface area contributed by atoms with Gasteiger partial charge >= 0.3 is 5.97 Å². The third-order valence-corrected chi connectivity index (χ3v) is 2.82. The van der Waals surface area contributed by atoms with Gasteiger partial charge in [-0.1, -0.05) is 42.0 Å². The first-order valence-corrected chi connectivity index (χ1v) is 5.65. The molecule has 1 N–H and O–H groups in total. The molecule has 0 spiro atoms. The predicted molar refractivity (Wildman–Crippen MR) is 66.8 cm³/mol. The lowest BCUT2D eigenvalue weighted by Gasteiger charge is -2.11. The average Bonchev–Trinajstić information content (AvgIpc) is 2.32. The van der Waals surface area contributed by atoms with Gasteiger partial charge in [0.15, 0.2) is 0 Å². The summed E-state index contributed by atoms with van der Waals surface area (Å²) in [5.74, 6) is -1.17. The molecule has 0 aliphatic rings. The first-order valence-electron chi connectivity index (χ1n) is 5.65. The molecule has 18 heavy (non-hydrogen) atoms. The van der Waals surface area contributed by atoms with Gasteiger partial charge in [-0.3, -0.25) is 0 Å². The normalized spacial score (nSPS) is 10.3. The van der Waals surface area contributed by atoms with Crippen molar-refractivity contribution in [3.8, 4) is 5.75 Å². The summed E-state index contributed by atoms with van der Waals surface area (Å²) >= 11 is 0. The van der Waals surface area contributed by atoms with Gasteiger partial charge in [-0.2, -0.15) is 0 Å². The van der Waals surface area contributed by atoms with E-state index in [-0.39, 0.29) is 11.3 Å². The Balaban J connectivity index is 2.35. The molecule has 0 aliphatic heterocycles. The molecule has 0 fully saturated rings. The first kappa shape index (κ1) is 12.2. The number of carbonyl (C=O) groups is 1. The minimum absolute atomic E-state index is 0.165. The van der Waals surface area contributed by atoms with Crippen LogP contribution in [0.1, 0.15) is 27.0 Å². The largest absolute Gasteiger partial charge is 0.872 e. The number of benzene rings is 2. The fourth-order valence-corrected chi connectivity index (χ4v) is 1.85. The summed E-state index contributed by atoms with van der Waals surface area (Å²) in [6, 6.07) is 11.9. The van der Waals surface area contributed by atoms with Crippen LogP contribution in [0.2, 0.25) is 0 Å². The minimum Gasteiger partial charge on any atom is -0.872 e. The topological polar surface area (TPSA) is 60.4 Å². The van der Waals surface area contributed by atoms with Gasteiger partial charge in [0.2, 0.25) is 0 Å². The van der Waals surface area contributed by atoms with Gasteiger partial charge in [0.25, 0.3) is 0 Å². The van der Waals surface area contributed by atoms with Gasteiger partial charge in [-0.05, 0) is 30.5 Å². The van der Waals surface area contributed by atoms with Crippen LogP contribution in [0, 0.1) is 6.92 Å². The van der Waals surface area contributed by atoms with E-state index in [1.54, 1.807) is 0 Å². The molecule has 3 nitrogen and oxygen atoms in total. The van der Waals surface area contributed by atoms with E-state index >= 15 is 0 Å². The molecule has 0 radical (unpaired) electrons. The van der Waals surface area contributed by atoms with E-state index in [4.69, 9.17) is 5.11 Å². The molecular weight excluding hydrogens is 228 g/mol. The van der Waals surface area contributed by atoms with E-state index in [0.29, 0.717) is 12.0 Å². The Bertz CT molecular complexity index is 571. The molecule has 92 valence electrons. The highest BCUT2D eigenvalue weighted by Crippen LogP contribution is 2.19. The second-order valence-electron chi connectivity index (χ2n) is 4.29. The van der Waals surface area contributed by atoms with Crippen molar-refractivity contribution < 1.29 is 15.0 Å². The van der Waals surface area contributed by atoms with Gasteiger partial charge in [-0.15, -0.1) is 5.75 Å². The molecule has 0 saturated heterocycles. The summed E-state index contributed by atoms with van der Waals surface area (Å²) in [7, 11) is 0. The molecule has 0 unspecified atom stereocenters. The van der Waals surface area contributed by atoms with Crippen molar-refractivity contribution in [3.05, 3.63) is 64.7 Å². The summed E-state index contributed by atoms with van der Waals surface area (Å²) < 4.78 is 0. The summed E-state index contributed by atoms with van der Waals surface area (Å²) in [5, 5.41) is 20.4. The van der Waals surface area contributed by atoms with Crippen LogP contribution < -0.4 is 5.11 Å². The highest BCUT2D eigenvalue weighted by atomic mass is 16.4. The van der Waals surface area contributed by atoms with Crippen LogP contribution in [0.5, 0.6) is 5.75 Å². The molecule has 0 aromatic heterocycles. The highest BCUT2D eigenvalue weighted by Gasteiger charge is 2.09. The van der Waals surface area contributed by atoms with Crippen LogP contribution in [0.3, 0.4) is 0 Å². The maximum Gasteiger partial charge on any atom is 0.335 e. The van der Waals surface area contributed by atoms with E-state index in [9.17, 15) is 9.90 Å². The van der Waals surface area contributed by atoms with Gasteiger partial charge in [0.1, 0.15) is 0 Å². The molecule has 0 bridgehead atoms. The summed E-state index contributed by atoms with van der Waals surface area (Å²) in [5.41, 5.74) is 2.89. The van der Waals surface area contributed by atoms with Gasteiger partial charge in [-0.25, -0.2) is 4.79 Å². The summed E-state index contributed by atoms with van der Waals surface area (Å²) in [6.45, 7) is 1.99. The number of hydrogen-bond donors (Lipinski definition) is 1. The third-order valence-electron chi connectivity index (χ3n) is 2.82. The van der Waals surface area contributed by atoms with Crippen LogP contribution >= 0.6 is 0 Å². The summed E-state index contributed by atoms with van der Waals surface area (Å²) in [4.78, 5) is 11.1. The maximum absolute atomic E-state index is 11.3. The maximum atomic E-state index is 11.3. The van der Waals surface area contributed by atoms with Gasteiger partial charge in [0.05, 0.1) is 5.56 Å². The molecule has 0 atom stereocenters. The minimum atomic E-state index is -1.00. The Morgan fingerprint density at radius 2 is 1.83 bits per heavy atom. The zero-order chi connectivity index (χ0) is 13.1. The van der Waals surface area contributed by atoms with E-state index < -0.39 is 5.97 Å². The van der Waals surface area contributed by atoms with Crippen LogP contribution in [0.4, 0.5) is 0 Å². The lowest BCUT2D eigenvalue weighted by molar-refractivity contribution is -0.268. The SMILES string of the molecule is Cc1ccc(Cc2cc([O-])ccc2C(=O)O)cc1. The molecule has 0 saturated carbocycles. The van der Waals surface area contributed by atoms with Crippen molar-refractivity contribution >= 4 is 5.97 Å². The summed E-state index contributed by atoms with van der Waals surface area (Å²) in [6.07, 6.45) is 0.456. The standard InChI is InChI=1S/C15H14O3/c1-10-2-4-11(5-3-10)8-12-9-13(16)6-7-14(12)15(17)18/h2-7,9,16H,8H2,1H3,(H,17,18)/p-1. The molecule has 2 aromatic rings. The van der Waals surface area contributed by atoms with E-state index in [1.165, 1.54) is 18.2 Å². The fourth-order valence-electron chi connectivity index (χ4n) is 1.85. The van der Waals surface area contributed by atoms with Gasteiger partial charge in [0, 0.05) is 0 Å². The number of aryl methyl sites for hydroxylation is 1. The smallest absolute Gasteiger partial charge is 0.335 e. The van der Waals surface area contributed by atoms with Gasteiger partial charge < -0.3 is 10.2 Å². The van der Waals surface area contributed by atoms with Crippen LogP contribution in [0.15, 0.2) is 42.5 Å². The van der Waals surface area contributed by atoms with E-state index in [2.05, 4.69) is 0 Å².